The molecule has 0 saturated heterocycles. The highest BCUT2D eigenvalue weighted by Gasteiger charge is 2.32. The van der Waals surface area contributed by atoms with Crippen molar-refractivity contribution in [3.8, 4) is 5.75 Å². The molecule has 1 fully saturated rings. The van der Waals surface area contributed by atoms with E-state index in [1.54, 1.807) is 7.11 Å². The number of hydrogen-bond acceptors (Lipinski definition) is 2. The number of aryl methyl sites for hydroxylation is 2. The summed E-state index contributed by atoms with van der Waals surface area (Å²) in [4.78, 5) is 0. The number of hydrogen-bond donors (Lipinski definition) is 1. The molecule has 1 aromatic rings. The molecule has 1 aliphatic carbocycles. The summed E-state index contributed by atoms with van der Waals surface area (Å²) < 4.78 is 5.46. The first-order valence-corrected chi connectivity index (χ1v) is 6.87. The summed E-state index contributed by atoms with van der Waals surface area (Å²) in [6.07, 6.45) is 3.20. The quantitative estimate of drug-likeness (QED) is 0.882. The van der Waals surface area contributed by atoms with Crippen molar-refractivity contribution in [3.05, 3.63) is 28.8 Å². The smallest absolute Gasteiger partial charge is 0.125 e. The summed E-state index contributed by atoms with van der Waals surface area (Å²) in [5.41, 5.74) is 3.31. The van der Waals surface area contributed by atoms with Crippen LogP contribution >= 0.6 is 0 Å². The molecule has 3 unspecified atom stereocenters. The molecule has 3 atom stereocenters. The minimum atomic E-state index is -0.391. The van der Waals surface area contributed by atoms with E-state index in [4.69, 9.17) is 4.74 Å². The van der Waals surface area contributed by atoms with Crippen molar-refractivity contribution in [2.75, 3.05) is 7.11 Å². The van der Waals surface area contributed by atoms with Crippen LogP contribution < -0.4 is 4.74 Å². The van der Waals surface area contributed by atoms with Gasteiger partial charge in [-0.25, -0.2) is 0 Å². The molecule has 0 radical (unpaired) electrons. The Hall–Kier alpha value is -1.02. The predicted molar refractivity (Wildman–Crippen MR) is 73.9 cm³/mol. The normalized spacial score (nSPS) is 25.2. The van der Waals surface area contributed by atoms with Crippen LogP contribution in [0, 0.1) is 25.7 Å². The molecule has 0 bridgehead atoms. The van der Waals surface area contributed by atoms with E-state index in [2.05, 4.69) is 26.8 Å². The zero-order chi connectivity index (χ0) is 13.3. The minimum absolute atomic E-state index is 0.375. The molecule has 0 aliphatic heterocycles. The molecule has 1 saturated carbocycles. The van der Waals surface area contributed by atoms with Crippen LogP contribution in [0.5, 0.6) is 5.75 Å². The number of aliphatic hydroxyl groups excluding tert-OH is 1. The van der Waals surface area contributed by atoms with Crippen molar-refractivity contribution in [2.24, 2.45) is 11.8 Å². The van der Waals surface area contributed by atoms with Gasteiger partial charge in [0.05, 0.1) is 13.2 Å². The molecule has 2 rings (SSSR count). The molecule has 2 nitrogen and oxygen atoms in total. The van der Waals surface area contributed by atoms with Crippen molar-refractivity contribution in [2.45, 2.75) is 46.1 Å². The van der Waals surface area contributed by atoms with Crippen molar-refractivity contribution < 1.29 is 9.84 Å². The molecule has 100 valence electrons. The zero-order valence-corrected chi connectivity index (χ0v) is 11.9. The lowest BCUT2D eigenvalue weighted by atomic mass is 9.85. The Labute approximate surface area is 110 Å². The van der Waals surface area contributed by atoms with Crippen LogP contribution in [-0.2, 0) is 0 Å². The maximum Gasteiger partial charge on any atom is 0.125 e. The summed E-state index contributed by atoms with van der Waals surface area (Å²) in [5.74, 6) is 1.81. The third-order valence-corrected chi connectivity index (χ3v) is 4.34. The number of aliphatic hydroxyl groups is 1. The fraction of sp³-hybridized carbons (Fsp3) is 0.625. The first-order chi connectivity index (χ1) is 8.54. The van der Waals surface area contributed by atoms with Gasteiger partial charge >= 0.3 is 0 Å². The van der Waals surface area contributed by atoms with E-state index in [0.29, 0.717) is 11.8 Å². The standard InChI is InChI=1S/C16H24O2/c1-10-8-12(3)15(14(9-10)18-4)16(17)13-7-5-6-11(13)2/h8-9,11,13,16-17H,5-7H2,1-4H3. The lowest BCUT2D eigenvalue weighted by Gasteiger charge is -2.26. The summed E-state index contributed by atoms with van der Waals surface area (Å²) in [7, 11) is 1.68. The van der Waals surface area contributed by atoms with Crippen molar-refractivity contribution in [3.63, 3.8) is 0 Å². The van der Waals surface area contributed by atoms with Gasteiger partial charge in [0.15, 0.2) is 0 Å². The van der Waals surface area contributed by atoms with Crippen molar-refractivity contribution >= 4 is 0 Å². The molecular formula is C16H24O2. The van der Waals surface area contributed by atoms with Gasteiger partial charge < -0.3 is 9.84 Å². The van der Waals surface area contributed by atoms with Gasteiger partial charge in [-0.2, -0.15) is 0 Å². The maximum absolute atomic E-state index is 10.7. The predicted octanol–water partition coefficient (Wildman–Crippen LogP) is 3.78. The molecule has 0 spiro atoms. The van der Waals surface area contributed by atoms with Gasteiger partial charge in [-0.15, -0.1) is 0 Å². The summed E-state index contributed by atoms with van der Waals surface area (Å²) in [5, 5.41) is 10.7. The van der Waals surface area contributed by atoms with E-state index in [1.165, 1.54) is 18.4 Å². The molecule has 0 amide bonds. The summed E-state index contributed by atoms with van der Waals surface area (Å²) >= 11 is 0. The molecule has 2 heteroatoms. The Balaban J connectivity index is 2.37. The van der Waals surface area contributed by atoms with Crippen LogP contribution in [0.1, 0.15) is 49.0 Å². The Kier molecular flexibility index (Phi) is 3.96. The molecule has 1 aromatic carbocycles. The largest absolute Gasteiger partial charge is 0.496 e. The Morgan fingerprint density at radius 3 is 2.56 bits per heavy atom. The second kappa shape index (κ2) is 5.31. The van der Waals surface area contributed by atoms with Crippen LogP contribution in [0.4, 0.5) is 0 Å². The third kappa shape index (κ3) is 2.39. The van der Waals surface area contributed by atoms with E-state index < -0.39 is 6.10 Å². The lowest BCUT2D eigenvalue weighted by Crippen LogP contribution is -2.17. The monoisotopic (exact) mass is 248 g/mol. The van der Waals surface area contributed by atoms with Crippen LogP contribution in [0.25, 0.3) is 0 Å². The van der Waals surface area contributed by atoms with Crippen LogP contribution in [0.3, 0.4) is 0 Å². The summed E-state index contributed by atoms with van der Waals surface area (Å²) in [6.45, 7) is 6.37. The molecule has 0 aromatic heterocycles. The van der Waals surface area contributed by atoms with Crippen LogP contribution in [0.2, 0.25) is 0 Å². The maximum atomic E-state index is 10.7. The van der Waals surface area contributed by atoms with E-state index in [1.807, 2.05) is 6.07 Å². The number of benzene rings is 1. The van der Waals surface area contributed by atoms with Crippen molar-refractivity contribution in [1.29, 1.82) is 0 Å². The zero-order valence-electron chi connectivity index (χ0n) is 11.9. The van der Waals surface area contributed by atoms with E-state index in [9.17, 15) is 5.11 Å². The van der Waals surface area contributed by atoms with Gasteiger partial charge in [0.1, 0.15) is 5.75 Å². The fourth-order valence-corrected chi connectivity index (χ4v) is 3.34. The van der Waals surface area contributed by atoms with Gasteiger partial charge in [-0.1, -0.05) is 25.8 Å². The molecule has 18 heavy (non-hydrogen) atoms. The Morgan fingerprint density at radius 1 is 1.28 bits per heavy atom. The third-order valence-electron chi connectivity index (χ3n) is 4.34. The van der Waals surface area contributed by atoms with E-state index in [0.717, 1.165) is 23.3 Å². The Bertz CT molecular complexity index is 425. The van der Waals surface area contributed by atoms with Gasteiger partial charge in [0.25, 0.3) is 0 Å². The van der Waals surface area contributed by atoms with E-state index >= 15 is 0 Å². The Morgan fingerprint density at radius 2 is 2.00 bits per heavy atom. The number of ether oxygens (including phenoxy) is 1. The SMILES string of the molecule is COc1cc(C)cc(C)c1C(O)C1CCCC1C. The molecule has 1 N–H and O–H groups in total. The minimum Gasteiger partial charge on any atom is -0.496 e. The van der Waals surface area contributed by atoms with Gasteiger partial charge in [-0.3, -0.25) is 0 Å². The number of rotatable bonds is 3. The second-order valence-corrected chi connectivity index (χ2v) is 5.71. The molecule has 1 aliphatic rings. The highest BCUT2D eigenvalue weighted by atomic mass is 16.5. The second-order valence-electron chi connectivity index (χ2n) is 5.71. The van der Waals surface area contributed by atoms with Gasteiger partial charge in [0.2, 0.25) is 0 Å². The van der Waals surface area contributed by atoms with Gasteiger partial charge in [-0.05, 0) is 49.3 Å². The lowest BCUT2D eigenvalue weighted by molar-refractivity contribution is 0.0869. The van der Waals surface area contributed by atoms with E-state index in [-0.39, 0.29) is 0 Å². The highest BCUT2D eigenvalue weighted by molar-refractivity contribution is 5.44. The summed E-state index contributed by atoms with van der Waals surface area (Å²) in [6, 6.07) is 4.14. The van der Waals surface area contributed by atoms with Crippen molar-refractivity contribution in [1.82, 2.24) is 0 Å². The topological polar surface area (TPSA) is 29.5 Å². The average Bonchev–Trinajstić information content (AvgIpc) is 2.73. The van der Waals surface area contributed by atoms with Gasteiger partial charge in [0, 0.05) is 5.56 Å². The molecule has 0 heterocycles. The fourth-order valence-electron chi connectivity index (χ4n) is 3.34. The first-order valence-electron chi connectivity index (χ1n) is 6.87. The molecular weight excluding hydrogens is 224 g/mol. The van der Waals surface area contributed by atoms with Crippen LogP contribution in [-0.4, -0.2) is 12.2 Å². The number of methoxy groups -OCH3 is 1. The first kappa shape index (κ1) is 13.4. The highest BCUT2D eigenvalue weighted by Crippen LogP contribution is 2.43. The van der Waals surface area contributed by atoms with Crippen LogP contribution in [0.15, 0.2) is 12.1 Å². The average molecular weight is 248 g/mol.